The molecule has 1 aliphatic heterocycles. The van der Waals surface area contributed by atoms with Crippen LogP contribution in [0.1, 0.15) is 55.2 Å². The Morgan fingerprint density at radius 1 is 0.905 bits per heavy atom. The molecule has 0 aromatic heterocycles. The maximum Gasteiger partial charge on any atom is 0.407 e. The van der Waals surface area contributed by atoms with Crippen LogP contribution in [0.3, 0.4) is 0 Å². The predicted octanol–water partition coefficient (Wildman–Crippen LogP) is 5.60. The first-order valence-corrected chi connectivity index (χ1v) is 14.7. The van der Waals surface area contributed by atoms with Gasteiger partial charge >= 0.3 is 12.1 Å². The Balaban J connectivity index is 1.24. The summed E-state index contributed by atoms with van der Waals surface area (Å²) in [6, 6.07) is 25.0. The SMILES string of the molecule is C[C@H](OCc1ccccc1)[C@@H](NC(=O)OCC1c2ccccc2-c2ccccc21)C(=O)N1CCC(CCC(=O)O)CC1. The second-order valence-electron chi connectivity index (χ2n) is 11.2. The van der Waals surface area contributed by atoms with E-state index in [0.717, 1.165) is 40.7 Å². The number of hydrogen-bond donors (Lipinski definition) is 2. The summed E-state index contributed by atoms with van der Waals surface area (Å²) in [5.74, 6) is -0.842. The molecule has 1 aliphatic carbocycles. The molecule has 8 heteroatoms. The Hall–Kier alpha value is -4.17. The standard InChI is InChI=1S/C34H38N2O6/c1-23(41-21-25-9-3-2-4-10-25)32(33(39)36-19-17-24(18-20-36)15-16-31(37)38)35-34(40)42-22-30-28-13-7-5-11-26(28)27-12-6-8-14-29(27)30/h2-14,23-24,30,32H,15-22H2,1H3,(H,35,40)(H,37,38)/t23-,32+/m0/s1. The van der Waals surface area contributed by atoms with Gasteiger partial charge in [-0.25, -0.2) is 4.79 Å². The Labute approximate surface area is 246 Å². The molecule has 1 fully saturated rings. The molecule has 2 N–H and O–H groups in total. The lowest BCUT2D eigenvalue weighted by Gasteiger charge is -2.35. The normalized spacial score (nSPS) is 16.3. The number of amides is 2. The summed E-state index contributed by atoms with van der Waals surface area (Å²) in [4.78, 5) is 39.6. The molecule has 1 heterocycles. The third-order valence-corrected chi connectivity index (χ3v) is 8.40. The largest absolute Gasteiger partial charge is 0.481 e. The van der Waals surface area contributed by atoms with Gasteiger partial charge in [-0.15, -0.1) is 0 Å². The number of hydrogen-bond acceptors (Lipinski definition) is 5. The van der Waals surface area contributed by atoms with E-state index in [0.29, 0.717) is 26.1 Å². The van der Waals surface area contributed by atoms with E-state index >= 15 is 0 Å². The molecule has 0 spiro atoms. The number of rotatable bonds is 11. The summed E-state index contributed by atoms with van der Waals surface area (Å²) < 4.78 is 11.8. The average Bonchev–Trinajstić information content (AvgIpc) is 3.34. The van der Waals surface area contributed by atoms with Crippen molar-refractivity contribution >= 4 is 18.0 Å². The number of carboxylic acid groups (broad SMARTS) is 1. The zero-order chi connectivity index (χ0) is 29.5. The molecule has 0 saturated carbocycles. The number of nitrogens with one attached hydrogen (secondary N) is 1. The first kappa shape index (κ1) is 29.3. The Morgan fingerprint density at radius 3 is 2.12 bits per heavy atom. The number of aliphatic carboxylic acids is 1. The molecule has 2 aliphatic rings. The summed E-state index contributed by atoms with van der Waals surface area (Å²) >= 11 is 0. The zero-order valence-corrected chi connectivity index (χ0v) is 23.9. The fourth-order valence-corrected chi connectivity index (χ4v) is 6.01. The molecule has 220 valence electrons. The van der Waals surface area contributed by atoms with Gasteiger partial charge in [-0.2, -0.15) is 0 Å². The number of alkyl carbamates (subject to hydrolysis) is 1. The molecule has 42 heavy (non-hydrogen) atoms. The molecular formula is C34H38N2O6. The summed E-state index contributed by atoms with van der Waals surface area (Å²) in [7, 11) is 0. The quantitative estimate of drug-likeness (QED) is 0.311. The van der Waals surface area contributed by atoms with E-state index in [-0.39, 0.29) is 30.8 Å². The fourth-order valence-electron chi connectivity index (χ4n) is 6.01. The van der Waals surface area contributed by atoms with Crippen molar-refractivity contribution in [1.29, 1.82) is 0 Å². The van der Waals surface area contributed by atoms with Crippen molar-refractivity contribution in [2.24, 2.45) is 5.92 Å². The Kier molecular flexibility index (Phi) is 9.54. The number of likely N-dealkylation sites (tertiary alicyclic amines) is 1. The van der Waals surface area contributed by atoms with Gasteiger partial charge < -0.3 is 24.8 Å². The van der Waals surface area contributed by atoms with E-state index in [2.05, 4.69) is 29.6 Å². The van der Waals surface area contributed by atoms with E-state index in [1.165, 1.54) is 0 Å². The summed E-state index contributed by atoms with van der Waals surface area (Å²) in [5.41, 5.74) is 5.49. The second-order valence-corrected chi connectivity index (χ2v) is 11.2. The topological polar surface area (TPSA) is 105 Å². The van der Waals surface area contributed by atoms with Gasteiger partial charge in [-0.3, -0.25) is 9.59 Å². The van der Waals surface area contributed by atoms with Crippen molar-refractivity contribution in [3.8, 4) is 11.1 Å². The molecule has 2 amide bonds. The van der Waals surface area contributed by atoms with Crippen molar-refractivity contribution in [2.75, 3.05) is 19.7 Å². The lowest BCUT2D eigenvalue weighted by atomic mass is 9.91. The van der Waals surface area contributed by atoms with Gasteiger partial charge in [0.15, 0.2) is 0 Å². The van der Waals surface area contributed by atoms with E-state index in [9.17, 15) is 14.4 Å². The number of benzene rings is 3. The van der Waals surface area contributed by atoms with Gasteiger partial charge in [0.2, 0.25) is 5.91 Å². The second kappa shape index (κ2) is 13.7. The van der Waals surface area contributed by atoms with Crippen LogP contribution >= 0.6 is 0 Å². The van der Waals surface area contributed by atoms with Crippen LogP contribution in [-0.2, 0) is 25.7 Å². The fraction of sp³-hybridized carbons (Fsp3) is 0.382. The maximum atomic E-state index is 13.7. The number of piperidine rings is 1. The average molecular weight is 571 g/mol. The third kappa shape index (κ3) is 6.99. The Morgan fingerprint density at radius 2 is 1.50 bits per heavy atom. The highest BCUT2D eigenvalue weighted by molar-refractivity contribution is 5.86. The minimum atomic E-state index is -0.931. The number of ether oxygens (including phenoxy) is 2. The molecule has 1 saturated heterocycles. The van der Waals surface area contributed by atoms with Crippen LogP contribution in [-0.4, -0.2) is 59.8 Å². The van der Waals surface area contributed by atoms with E-state index in [1.54, 1.807) is 11.8 Å². The predicted molar refractivity (Wildman–Crippen MR) is 159 cm³/mol. The van der Waals surface area contributed by atoms with Gasteiger partial charge in [0.25, 0.3) is 0 Å². The van der Waals surface area contributed by atoms with Crippen molar-refractivity contribution in [3.05, 3.63) is 95.6 Å². The van der Waals surface area contributed by atoms with Gasteiger partial charge in [0.05, 0.1) is 12.7 Å². The van der Waals surface area contributed by atoms with Crippen molar-refractivity contribution in [2.45, 2.75) is 57.3 Å². The highest BCUT2D eigenvalue weighted by Crippen LogP contribution is 2.44. The highest BCUT2D eigenvalue weighted by Gasteiger charge is 2.35. The summed E-state index contributed by atoms with van der Waals surface area (Å²) in [6.07, 6.45) is 0.931. The molecule has 0 radical (unpaired) electrons. The zero-order valence-electron chi connectivity index (χ0n) is 23.9. The first-order chi connectivity index (χ1) is 20.4. The molecule has 0 bridgehead atoms. The summed E-state index contributed by atoms with van der Waals surface area (Å²) in [5, 5.41) is 11.8. The van der Waals surface area contributed by atoms with Crippen LogP contribution in [0.2, 0.25) is 0 Å². The van der Waals surface area contributed by atoms with Gasteiger partial charge in [0, 0.05) is 25.4 Å². The van der Waals surface area contributed by atoms with Crippen LogP contribution in [0.5, 0.6) is 0 Å². The van der Waals surface area contributed by atoms with Crippen molar-refractivity contribution in [1.82, 2.24) is 10.2 Å². The third-order valence-electron chi connectivity index (χ3n) is 8.40. The number of fused-ring (bicyclic) bond motifs is 3. The summed E-state index contributed by atoms with van der Waals surface area (Å²) in [6.45, 7) is 3.26. The first-order valence-electron chi connectivity index (χ1n) is 14.7. The van der Waals surface area contributed by atoms with Gasteiger partial charge in [0.1, 0.15) is 12.6 Å². The molecule has 3 aromatic rings. The van der Waals surface area contributed by atoms with Crippen LogP contribution < -0.4 is 5.32 Å². The lowest BCUT2D eigenvalue weighted by molar-refractivity contribution is -0.140. The van der Waals surface area contributed by atoms with Crippen LogP contribution in [0.25, 0.3) is 11.1 Å². The van der Waals surface area contributed by atoms with Crippen LogP contribution in [0.15, 0.2) is 78.9 Å². The minimum absolute atomic E-state index is 0.0890. The molecule has 3 aromatic carbocycles. The smallest absolute Gasteiger partial charge is 0.407 e. The van der Waals surface area contributed by atoms with Crippen LogP contribution in [0, 0.1) is 5.92 Å². The molecule has 5 rings (SSSR count). The van der Waals surface area contributed by atoms with E-state index in [4.69, 9.17) is 14.6 Å². The van der Waals surface area contributed by atoms with E-state index < -0.39 is 24.2 Å². The molecule has 2 atom stereocenters. The monoisotopic (exact) mass is 570 g/mol. The number of carbonyl (C=O) groups excluding carboxylic acids is 2. The maximum absolute atomic E-state index is 13.7. The minimum Gasteiger partial charge on any atom is -0.481 e. The molecular weight excluding hydrogens is 532 g/mol. The van der Waals surface area contributed by atoms with Gasteiger partial charge in [-0.05, 0) is 59.9 Å². The number of carboxylic acids is 1. The molecule has 0 unspecified atom stereocenters. The van der Waals surface area contributed by atoms with Crippen molar-refractivity contribution in [3.63, 3.8) is 0 Å². The lowest BCUT2D eigenvalue weighted by Crippen LogP contribution is -2.55. The van der Waals surface area contributed by atoms with Gasteiger partial charge in [-0.1, -0.05) is 78.9 Å². The van der Waals surface area contributed by atoms with Crippen LogP contribution in [0.4, 0.5) is 4.79 Å². The number of carbonyl (C=O) groups is 3. The molecule has 8 nitrogen and oxygen atoms in total. The number of nitrogens with zero attached hydrogens (tertiary/aromatic N) is 1. The Bertz CT molecular complexity index is 1340. The van der Waals surface area contributed by atoms with E-state index in [1.807, 2.05) is 54.6 Å². The van der Waals surface area contributed by atoms with Crippen molar-refractivity contribution < 1.29 is 29.0 Å². The highest BCUT2D eigenvalue weighted by atomic mass is 16.5.